The van der Waals surface area contributed by atoms with Crippen LogP contribution >= 0.6 is 0 Å². The van der Waals surface area contributed by atoms with Crippen molar-refractivity contribution >= 4 is 17.3 Å². The number of carbonyl (C=O) groups excluding carboxylic acids is 1. The maximum atomic E-state index is 11.5. The highest BCUT2D eigenvalue weighted by atomic mass is 16.1. The van der Waals surface area contributed by atoms with E-state index in [1.807, 2.05) is 38.4 Å². The Hall–Kier alpha value is -2.49. The number of hydrogen-bond donors (Lipinski definition) is 2. The first kappa shape index (κ1) is 14.9. The molecule has 0 saturated carbocycles. The van der Waals surface area contributed by atoms with Gasteiger partial charge in [-0.15, -0.1) is 0 Å². The lowest BCUT2D eigenvalue weighted by Gasteiger charge is -2.13. The number of benzene rings is 2. The van der Waals surface area contributed by atoms with E-state index in [0.29, 0.717) is 5.56 Å². The molecule has 1 amide bonds. The van der Waals surface area contributed by atoms with Gasteiger partial charge in [0.1, 0.15) is 0 Å². The standard InChI is InChI=1S/C17H21N3O/c1-18-17(21)14-6-4-13(5-7-14)12-19-15-8-10-16(11-9-15)20(2)3/h4-11,19H,12H2,1-3H3,(H,18,21). The van der Waals surface area contributed by atoms with Crippen molar-refractivity contribution in [1.82, 2.24) is 5.32 Å². The van der Waals surface area contributed by atoms with E-state index in [1.54, 1.807) is 7.05 Å². The normalized spacial score (nSPS) is 10.0. The van der Waals surface area contributed by atoms with Crippen LogP contribution in [-0.2, 0) is 6.54 Å². The molecular weight excluding hydrogens is 262 g/mol. The number of anilines is 2. The van der Waals surface area contributed by atoms with Crippen molar-refractivity contribution in [2.75, 3.05) is 31.4 Å². The van der Waals surface area contributed by atoms with Gasteiger partial charge in [0.2, 0.25) is 0 Å². The fourth-order valence-electron chi connectivity index (χ4n) is 2.00. The summed E-state index contributed by atoms with van der Waals surface area (Å²) in [5.74, 6) is -0.0613. The second-order valence-corrected chi connectivity index (χ2v) is 5.07. The van der Waals surface area contributed by atoms with Gasteiger partial charge in [-0.1, -0.05) is 12.1 Å². The summed E-state index contributed by atoms with van der Waals surface area (Å²) in [5.41, 5.74) is 4.07. The van der Waals surface area contributed by atoms with Gasteiger partial charge >= 0.3 is 0 Å². The molecule has 2 aromatic rings. The van der Waals surface area contributed by atoms with E-state index >= 15 is 0 Å². The van der Waals surface area contributed by atoms with Crippen LogP contribution in [-0.4, -0.2) is 27.1 Å². The number of hydrogen-bond acceptors (Lipinski definition) is 3. The molecule has 4 nitrogen and oxygen atoms in total. The number of nitrogens with one attached hydrogen (secondary N) is 2. The summed E-state index contributed by atoms with van der Waals surface area (Å²) < 4.78 is 0. The second kappa shape index (κ2) is 6.79. The lowest BCUT2D eigenvalue weighted by atomic mass is 10.1. The molecule has 2 aromatic carbocycles. The van der Waals surface area contributed by atoms with E-state index in [2.05, 4.69) is 39.8 Å². The zero-order chi connectivity index (χ0) is 15.2. The molecule has 0 heterocycles. The summed E-state index contributed by atoms with van der Waals surface area (Å²) >= 11 is 0. The van der Waals surface area contributed by atoms with E-state index in [9.17, 15) is 4.79 Å². The topological polar surface area (TPSA) is 44.4 Å². The third-order valence-corrected chi connectivity index (χ3v) is 3.32. The Morgan fingerprint density at radius 3 is 2.14 bits per heavy atom. The van der Waals surface area contributed by atoms with E-state index in [1.165, 1.54) is 5.69 Å². The van der Waals surface area contributed by atoms with Crippen LogP contribution < -0.4 is 15.5 Å². The quantitative estimate of drug-likeness (QED) is 0.887. The largest absolute Gasteiger partial charge is 0.381 e. The van der Waals surface area contributed by atoms with Gasteiger partial charge in [0.25, 0.3) is 5.91 Å². The Balaban J connectivity index is 1.95. The molecular formula is C17H21N3O. The van der Waals surface area contributed by atoms with Gasteiger partial charge in [-0.05, 0) is 42.0 Å². The number of amides is 1. The maximum Gasteiger partial charge on any atom is 0.251 e. The van der Waals surface area contributed by atoms with Crippen LogP contribution in [0, 0.1) is 0 Å². The van der Waals surface area contributed by atoms with Gasteiger partial charge in [0.05, 0.1) is 0 Å². The van der Waals surface area contributed by atoms with E-state index < -0.39 is 0 Å². The predicted molar refractivity (Wildman–Crippen MR) is 87.9 cm³/mol. The number of rotatable bonds is 5. The Bertz CT molecular complexity index is 588. The minimum atomic E-state index is -0.0613. The van der Waals surface area contributed by atoms with Crippen molar-refractivity contribution < 1.29 is 4.79 Å². The summed E-state index contributed by atoms with van der Waals surface area (Å²) in [4.78, 5) is 13.5. The molecule has 2 N–H and O–H groups in total. The minimum absolute atomic E-state index is 0.0613. The van der Waals surface area contributed by atoms with Crippen LogP contribution in [0.25, 0.3) is 0 Å². The van der Waals surface area contributed by atoms with E-state index in [4.69, 9.17) is 0 Å². The van der Waals surface area contributed by atoms with E-state index in [0.717, 1.165) is 17.8 Å². The average molecular weight is 283 g/mol. The molecule has 21 heavy (non-hydrogen) atoms. The van der Waals surface area contributed by atoms with Gasteiger partial charge in [-0.25, -0.2) is 0 Å². The van der Waals surface area contributed by atoms with Crippen LogP contribution in [0.3, 0.4) is 0 Å². The smallest absolute Gasteiger partial charge is 0.251 e. The van der Waals surface area contributed by atoms with Gasteiger partial charge in [-0.3, -0.25) is 4.79 Å². The van der Waals surface area contributed by atoms with Crippen LogP contribution in [0.4, 0.5) is 11.4 Å². The summed E-state index contributed by atoms with van der Waals surface area (Å²) in [7, 11) is 5.68. The van der Waals surface area contributed by atoms with Gasteiger partial charge in [-0.2, -0.15) is 0 Å². The average Bonchev–Trinajstić information content (AvgIpc) is 2.53. The predicted octanol–water partition coefficient (Wildman–Crippen LogP) is 2.72. The van der Waals surface area contributed by atoms with Crippen LogP contribution in [0.1, 0.15) is 15.9 Å². The summed E-state index contributed by atoms with van der Waals surface area (Å²) in [6.07, 6.45) is 0. The first-order valence-corrected chi connectivity index (χ1v) is 6.92. The van der Waals surface area contributed by atoms with Crippen molar-refractivity contribution in [3.05, 3.63) is 59.7 Å². The molecule has 0 bridgehead atoms. The lowest BCUT2D eigenvalue weighted by Crippen LogP contribution is -2.17. The Kier molecular flexibility index (Phi) is 4.82. The van der Waals surface area contributed by atoms with E-state index in [-0.39, 0.29) is 5.91 Å². The molecule has 0 saturated heterocycles. The first-order valence-electron chi connectivity index (χ1n) is 6.92. The SMILES string of the molecule is CNC(=O)c1ccc(CNc2ccc(N(C)C)cc2)cc1. The molecule has 0 aromatic heterocycles. The molecule has 0 aliphatic heterocycles. The number of nitrogens with zero attached hydrogens (tertiary/aromatic N) is 1. The van der Waals surface area contributed by atoms with Crippen molar-refractivity contribution in [3.8, 4) is 0 Å². The third-order valence-electron chi connectivity index (χ3n) is 3.32. The monoisotopic (exact) mass is 283 g/mol. The van der Waals surface area contributed by atoms with Gasteiger partial charge < -0.3 is 15.5 Å². The van der Waals surface area contributed by atoms with Crippen LogP contribution in [0.15, 0.2) is 48.5 Å². The summed E-state index contributed by atoms with van der Waals surface area (Å²) in [6, 6.07) is 15.9. The van der Waals surface area contributed by atoms with Crippen LogP contribution in [0.5, 0.6) is 0 Å². The molecule has 110 valence electrons. The summed E-state index contributed by atoms with van der Waals surface area (Å²) in [6.45, 7) is 0.731. The zero-order valence-corrected chi connectivity index (χ0v) is 12.7. The van der Waals surface area contributed by atoms with Crippen molar-refractivity contribution in [2.24, 2.45) is 0 Å². The van der Waals surface area contributed by atoms with Crippen LogP contribution in [0.2, 0.25) is 0 Å². The fraction of sp³-hybridized carbons (Fsp3) is 0.235. The molecule has 2 rings (SSSR count). The molecule has 0 unspecified atom stereocenters. The molecule has 0 spiro atoms. The maximum absolute atomic E-state index is 11.5. The molecule has 0 aliphatic rings. The zero-order valence-electron chi connectivity index (χ0n) is 12.7. The van der Waals surface area contributed by atoms with Crippen molar-refractivity contribution in [1.29, 1.82) is 0 Å². The highest BCUT2D eigenvalue weighted by Gasteiger charge is 2.02. The highest BCUT2D eigenvalue weighted by molar-refractivity contribution is 5.93. The molecule has 0 fully saturated rings. The lowest BCUT2D eigenvalue weighted by molar-refractivity contribution is 0.0963. The summed E-state index contributed by atoms with van der Waals surface area (Å²) in [5, 5.41) is 5.99. The Labute approximate surface area is 125 Å². The van der Waals surface area contributed by atoms with Crippen molar-refractivity contribution in [3.63, 3.8) is 0 Å². The molecule has 0 aliphatic carbocycles. The number of carbonyl (C=O) groups is 1. The van der Waals surface area contributed by atoms with Crippen molar-refractivity contribution in [2.45, 2.75) is 6.54 Å². The minimum Gasteiger partial charge on any atom is -0.381 e. The molecule has 0 atom stereocenters. The second-order valence-electron chi connectivity index (χ2n) is 5.07. The third kappa shape index (κ3) is 3.99. The molecule has 0 radical (unpaired) electrons. The fourth-order valence-corrected chi connectivity index (χ4v) is 2.00. The highest BCUT2D eigenvalue weighted by Crippen LogP contribution is 2.16. The van der Waals surface area contributed by atoms with Gasteiger partial charge in [0, 0.05) is 44.6 Å². The Morgan fingerprint density at radius 1 is 1.00 bits per heavy atom. The van der Waals surface area contributed by atoms with Gasteiger partial charge in [0.15, 0.2) is 0 Å². The first-order chi connectivity index (χ1) is 10.1. The Morgan fingerprint density at radius 2 is 1.62 bits per heavy atom. The molecule has 4 heteroatoms.